The van der Waals surface area contributed by atoms with Crippen molar-refractivity contribution < 1.29 is 24.5 Å². The van der Waals surface area contributed by atoms with Crippen molar-refractivity contribution in [3.05, 3.63) is 60.2 Å². The van der Waals surface area contributed by atoms with Crippen molar-refractivity contribution in [1.82, 2.24) is 5.32 Å². The molecular formula is C19H19NO5. The Labute approximate surface area is 145 Å². The van der Waals surface area contributed by atoms with Crippen molar-refractivity contribution in [2.45, 2.75) is 18.1 Å². The van der Waals surface area contributed by atoms with E-state index in [9.17, 15) is 14.7 Å². The molecule has 130 valence electrons. The van der Waals surface area contributed by atoms with Gasteiger partial charge in [0.05, 0.1) is 5.56 Å². The van der Waals surface area contributed by atoms with Crippen LogP contribution in [0.5, 0.6) is 0 Å². The third-order valence-corrected chi connectivity index (χ3v) is 4.26. The number of carbonyl (C=O) groups is 2. The summed E-state index contributed by atoms with van der Waals surface area (Å²) >= 11 is 0. The fraction of sp³-hybridized carbons (Fsp3) is 0.263. The van der Waals surface area contributed by atoms with Crippen molar-refractivity contribution in [3.8, 4) is 11.1 Å². The van der Waals surface area contributed by atoms with Crippen LogP contribution in [0.3, 0.4) is 0 Å². The fourth-order valence-electron chi connectivity index (χ4n) is 2.83. The summed E-state index contributed by atoms with van der Waals surface area (Å²) < 4.78 is 5.17. The number of carboxylic acid groups (broad SMARTS) is 1. The second-order valence-electron chi connectivity index (χ2n) is 6.22. The number of carboxylic acids is 1. The van der Waals surface area contributed by atoms with Gasteiger partial charge < -0.3 is 20.3 Å². The molecule has 1 fully saturated rings. The van der Waals surface area contributed by atoms with Gasteiger partial charge in [0.2, 0.25) is 0 Å². The smallest absolute Gasteiger partial charge is 0.338 e. The van der Waals surface area contributed by atoms with Gasteiger partial charge in [-0.05, 0) is 23.3 Å². The molecule has 2 atom stereocenters. The number of hydrogen-bond acceptors (Lipinski definition) is 5. The van der Waals surface area contributed by atoms with Crippen LogP contribution in [0, 0.1) is 0 Å². The van der Waals surface area contributed by atoms with Crippen LogP contribution in [0.1, 0.15) is 16.8 Å². The van der Waals surface area contributed by atoms with Crippen LogP contribution in [-0.2, 0) is 9.53 Å². The topological polar surface area (TPSA) is 95.9 Å². The first-order valence-corrected chi connectivity index (χ1v) is 7.98. The highest BCUT2D eigenvalue weighted by atomic mass is 16.5. The third kappa shape index (κ3) is 4.04. The molecule has 0 radical (unpaired) electrons. The number of carbonyl (C=O) groups excluding carboxylic acids is 1. The van der Waals surface area contributed by atoms with E-state index < -0.39 is 23.6 Å². The Bertz CT molecular complexity index is 759. The lowest BCUT2D eigenvalue weighted by Gasteiger charge is -2.20. The molecule has 2 aromatic rings. The molecule has 0 saturated carbocycles. The van der Waals surface area contributed by atoms with Gasteiger partial charge in [-0.25, -0.2) is 4.79 Å². The lowest BCUT2D eigenvalue weighted by atomic mass is 10.0. The molecule has 3 N–H and O–H groups in total. The van der Waals surface area contributed by atoms with Crippen molar-refractivity contribution in [2.24, 2.45) is 0 Å². The van der Waals surface area contributed by atoms with Crippen molar-refractivity contribution in [2.75, 3.05) is 13.2 Å². The van der Waals surface area contributed by atoms with E-state index in [0.717, 1.165) is 11.1 Å². The van der Waals surface area contributed by atoms with Crippen molar-refractivity contribution in [3.63, 3.8) is 0 Å². The number of benzene rings is 2. The first-order valence-electron chi connectivity index (χ1n) is 7.98. The first-order chi connectivity index (χ1) is 12.0. The fourth-order valence-corrected chi connectivity index (χ4v) is 2.83. The van der Waals surface area contributed by atoms with E-state index in [2.05, 4.69) is 5.32 Å². The van der Waals surface area contributed by atoms with E-state index in [1.165, 1.54) is 0 Å². The predicted octanol–water partition coefficient (Wildman–Crippen LogP) is 1.69. The molecule has 1 heterocycles. The van der Waals surface area contributed by atoms with E-state index in [1.807, 2.05) is 42.5 Å². The van der Waals surface area contributed by atoms with Crippen molar-refractivity contribution >= 4 is 11.9 Å². The minimum atomic E-state index is -1.36. The van der Waals surface area contributed by atoms with Crippen molar-refractivity contribution in [1.29, 1.82) is 0 Å². The second kappa shape index (κ2) is 7.04. The summed E-state index contributed by atoms with van der Waals surface area (Å²) in [4.78, 5) is 23.1. The standard InChI is InChI=1S/C19H19NO5/c21-17(22)16-10-19(24,11-20-16)12-25-18(23)15-8-6-14(7-9-15)13-4-2-1-3-5-13/h1-9,16,20,24H,10-12H2,(H,21,22)/t16-,19+/m0/s1. The molecule has 0 spiro atoms. The molecule has 1 aliphatic heterocycles. The average molecular weight is 341 g/mol. The molecule has 1 aliphatic rings. The number of rotatable bonds is 5. The summed E-state index contributed by atoms with van der Waals surface area (Å²) in [5.74, 6) is -1.58. The Balaban J connectivity index is 1.59. The Morgan fingerprint density at radius 3 is 2.32 bits per heavy atom. The summed E-state index contributed by atoms with van der Waals surface area (Å²) in [6, 6.07) is 16.0. The van der Waals surface area contributed by atoms with Crippen LogP contribution in [0.15, 0.2) is 54.6 Å². The summed E-state index contributed by atoms with van der Waals surface area (Å²) in [7, 11) is 0. The number of β-amino-alcohol motifs (C(OH)–C–C–N with tert-alkyl or cyclic N) is 1. The Morgan fingerprint density at radius 2 is 1.72 bits per heavy atom. The van der Waals surface area contributed by atoms with Gasteiger partial charge in [-0.15, -0.1) is 0 Å². The van der Waals surface area contributed by atoms with E-state index >= 15 is 0 Å². The molecule has 6 nitrogen and oxygen atoms in total. The Kier molecular flexibility index (Phi) is 4.83. The molecule has 0 aromatic heterocycles. The summed E-state index contributed by atoms with van der Waals surface area (Å²) in [5.41, 5.74) is 1.06. The normalized spacial score (nSPS) is 22.5. The molecule has 3 rings (SSSR count). The average Bonchev–Trinajstić information content (AvgIpc) is 3.04. The number of nitrogens with one attached hydrogen (secondary N) is 1. The molecule has 25 heavy (non-hydrogen) atoms. The highest BCUT2D eigenvalue weighted by Crippen LogP contribution is 2.22. The van der Waals surface area contributed by atoms with Gasteiger partial charge in [-0.3, -0.25) is 4.79 Å². The van der Waals surface area contributed by atoms with Crippen LogP contribution in [0.2, 0.25) is 0 Å². The summed E-state index contributed by atoms with van der Waals surface area (Å²) in [6.07, 6.45) is 0.00254. The maximum absolute atomic E-state index is 12.1. The molecule has 0 unspecified atom stereocenters. The second-order valence-corrected chi connectivity index (χ2v) is 6.22. The molecule has 0 amide bonds. The molecule has 6 heteroatoms. The van der Waals surface area contributed by atoms with Gasteiger partial charge >= 0.3 is 11.9 Å². The highest BCUT2D eigenvalue weighted by Gasteiger charge is 2.41. The van der Waals surface area contributed by atoms with Gasteiger partial charge in [0.25, 0.3) is 0 Å². The minimum absolute atomic E-state index is 0.00254. The SMILES string of the molecule is O=C(OC[C@]1(O)CN[C@H](C(=O)O)C1)c1ccc(-c2ccccc2)cc1. The first kappa shape index (κ1) is 17.1. The number of hydrogen-bond donors (Lipinski definition) is 3. The van der Waals surface area contributed by atoms with E-state index in [4.69, 9.17) is 9.84 Å². The van der Waals surface area contributed by atoms with Gasteiger partial charge in [-0.1, -0.05) is 42.5 Å². The number of ether oxygens (including phenoxy) is 1. The van der Waals surface area contributed by atoms with E-state index in [-0.39, 0.29) is 19.6 Å². The van der Waals surface area contributed by atoms with Crippen LogP contribution < -0.4 is 5.32 Å². The van der Waals surface area contributed by atoms with Gasteiger partial charge in [0, 0.05) is 13.0 Å². The summed E-state index contributed by atoms with van der Waals surface area (Å²) in [5, 5.41) is 21.9. The van der Waals surface area contributed by atoms with Crippen LogP contribution >= 0.6 is 0 Å². The monoisotopic (exact) mass is 341 g/mol. The van der Waals surface area contributed by atoms with Gasteiger partial charge in [0.15, 0.2) is 0 Å². The maximum Gasteiger partial charge on any atom is 0.338 e. The molecule has 2 aromatic carbocycles. The zero-order valence-electron chi connectivity index (χ0n) is 13.5. The number of aliphatic carboxylic acids is 1. The molecule has 0 aliphatic carbocycles. The Morgan fingerprint density at radius 1 is 1.08 bits per heavy atom. The van der Waals surface area contributed by atoms with Gasteiger partial charge in [0.1, 0.15) is 18.2 Å². The largest absolute Gasteiger partial charge is 0.480 e. The maximum atomic E-state index is 12.1. The van der Waals surface area contributed by atoms with Crippen LogP contribution in [0.4, 0.5) is 0 Å². The third-order valence-electron chi connectivity index (χ3n) is 4.26. The van der Waals surface area contributed by atoms with Crippen LogP contribution in [-0.4, -0.2) is 46.9 Å². The summed E-state index contributed by atoms with van der Waals surface area (Å²) in [6.45, 7) is -0.173. The molecule has 1 saturated heterocycles. The number of aliphatic hydroxyl groups is 1. The highest BCUT2D eigenvalue weighted by molar-refractivity contribution is 5.90. The van der Waals surface area contributed by atoms with Crippen LogP contribution in [0.25, 0.3) is 11.1 Å². The molecular weight excluding hydrogens is 322 g/mol. The van der Waals surface area contributed by atoms with Gasteiger partial charge in [-0.2, -0.15) is 0 Å². The lowest BCUT2D eigenvalue weighted by Crippen LogP contribution is -2.37. The zero-order valence-corrected chi connectivity index (χ0v) is 13.5. The number of esters is 1. The zero-order chi connectivity index (χ0) is 17.9. The lowest BCUT2D eigenvalue weighted by molar-refractivity contribution is -0.139. The minimum Gasteiger partial charge on any atom is -0.480 e. The molecule has 0 bridgehead atoms. The Hall–Kier alpha value is -2.70. The predicted molar refractivity (Wildman–Crippen MR) is 91.2 cm³/mol. The van der Waals surface area contributed by atoms with E-state index in [1.54, 1.807) is 12.1 Å². The van der Waals surface area contributed by atoms with E-state index in [0.29, 0.717) is 5.56 Å². The quantitative estimate of drug-likeness (QED) is 0.716.